The van der Waals surface area contributed by atoms with Crippen molar-refractivity contribution in [1.82, 2.24) is 0 Å². The Morgan fingerprint density at radius 1 is 1.14 bits per heavy atom. The van der Waals surface area contributed by atoms with Gasteiger partial charge in [-0.15, -0.1) is 0 Å². The van der Waals surface area contributed by atoms with Gasteiger partial charge in [-0.05, 0) is 0 Å². The Morgan fingerprint density at radius 2 is 1.14 bits per heavy atom. The number of hydrogen-bond donors (Lipinski definition) is 4. The molecule has 5 nitrogen and oxygen atoms in total. The van der Waals surface area contributed by atoms with E-state index in [1.165, 1.54) is 0 Å². The molecule has 0 aromatic carbocycles. The van der Waals surface area contributed by atoms with E-state index in [2.05, 4.69) is 0 Å². The van der Waals surface area contributed by atoms with Crippen molar-refractivity contribution < 1.29 is 59.3 Å². The summed E-state index contributed by atoms with van der Waals surface area (Å²) in [5, 5.41) is 0. The molecule has 0 unspecified atom stereocenters. The van der Waals surface area contributed by atoms with Crippen LogP contribution in [0.25, 0.3) is 0 Å². The van der Waals surface area contributed by atoms with E-state index < -0.39 is 7.82 Å². The average Bonchev–Trinajstić information content (AvgIpc) is 1.36. The molecule has 0 atom stereocenters. The van der Waals surface area contributed by atoms with Gasteiger partial charge in [0.15, 0.2) is 0 Å². The van der Waals surface area contributed by atoms with Gasteiger partial charge in [0.1, 0.15) is 0 Å². The van der Waals surface area contributed by atoms with Crippen molar-refractivity contribution in [2.24, 2.45) is 0 Å². The van der Waals surface area contributed by atoms with Crippen LogP contribution in [0.2, 0.25) is 0 Å². The maximum absolute atomic E-state index is 8.88. The molecule has 0 aromatic heterocycles. The van der Waals surface area contributed by atoms with E-state index in [1.807, 2.05) is 0 Å². The summed E-state index contributed by atoms with van der Waals surface area (Å²) in [7, 11) is -4.64. The number of hydrogen-bond acceptors (Lipinski definition) is 2. The van der Waals surface area contributed by atoms with Crippen LogP contribution >= 0.6 is 7.82 Å². The van der Waals surface area contributed by atoms with Crippen LogP contribution < -0.4 is 0 Å². The van der Waals surface area contributed by atoms with Gasteiger partial charge < -0.3 is 14.7 Å². The molecular formula is H4O5PTh. The molecule has 0 fully saturated rings. The third kappa shape index (κ3) is 111. The molecule has 43 valence electrons. The first-order valence-electron chi connectivity index (χ1n) is 1.01. The van der Waals surface area contributed by atoms with Crippen molar-refractivity contribution in [3.8, 4) is 0 Å². The molecule has 4 N–H and O–H groups in total. The van der Waals surface area contributed by atoms with Crippen LogP contribution in [0, 0.1) is 38.5 Å². The van der Waals surface area contributed by atoms with Crippen LogP contribution in [0.3, 0.4) is 0 Å². The predicted molar refractivity (Wildman–Crippen MR) is 16.5 cm³/mol. The summed E-state index contributed by atoms with van der Waals surface area (Å²) in [5.74, 6) is 0. The first kappa shape index (κ1) is 11.2. The van der Waals surface area contributed by atoms with Gasteiger partial charge in [0.2, 0.25) is 0 Å². The fraction of sp³-hybridized carbons (Fsp3) is 0. The van der Waals surface area contributed by atoms with Crippen LogP contribution in [0.4, 0.5) is 0 Å². The molecule has 0 amide bonds. The summed E-state index contributed by atoms with van der Waals surface area (Å²) >= 11 is 0.158. The predicted octanol–water partition coefficient (Wildman–Crippen LogP) is -1.49. The van der Waals surface area contributed by atoms with E-state index in [-0.39, 0.29) is 38.5 Å². The maximum atomic E-state index is 8.88. The summed E-state index contributed by atoms with van der Waals surface area (Å²) in [6.07, 6.45) is 0. The Hall–Kier alpha value is 1.39. The number of phosphoric acid groups is 1. The van der Waals surface area contributed by atoms with E-state index in [4.69, 9.17) is 20.8 Å². The van der Waals surface area contributed by atoms with Crippen LogP contribution in [0.15, 0.2) is 0 Å². The third-order valence-corrected chi connectivity index (χ3v) is 0. The number of rotatable bonds is 0. The zero-order chi connectivity index (χ0) is 6.50. The van der Waals surface area contributed by atoms with Crippen molar-refractivity contribution in [3.05, 3.63) is 0 Å². The molecule has 0 radical (unpaired) electrons. The molecule has 0 rings (SSSR count). The van der Waals surface area contributed by atoms with Crippen molar-refractivity contribution in [2.45, 2.75) is 0 Å². The quantitative estimate of drug-likeness (QED) is 0.401. The van der Waals surface area contributed by atoms with Gasteiger partial charge in [-0.2, -0.15) is 0 Å². The van der Waals surface area contributed by atoms with Gasteiger partial charge >= 0.3 is 47.9 Å². The molecule has 7 heteroatoms. The zero-order valence-corrected chi connectivity index (χ0v) is 8.15. The van der Waals surface area contributed by atoms with Crippen molar-refractivity contribution in [2.75, 3.05) is 0 Å². The summed E-state index contributed by atoms with van der Waals surface area (Å²) in [6.45, 7) is 0. The average molecular weight is 347 g/mol. The standard InChI is InChI=1S/H3O4P.H2O.Th/c1-5(2,3)4;;/h(H3,1,2,3,4);1H2;/q;;+1/p-1. The fourth-order valence-corrected chi connectivity index (χ4v) is 0. The van der Waals surface area contributed by atoms with Gasteiger partial charge in [-0.1, -0.05) is 0 Å². The van der Waals surface area contributed by atoms with Crippen molar-refractivity contribution in [3.63, 3.8) is 0 Å². The molecule has 0 aliphatic carbocycles. The Morgan fingerprint density at radius 3 is 1.14 bits per heavy atom. The van der Waals surface area contributed by atoms with Crippen LogP contribution in [-0.4, -0.2) is 16.2 Å². The molecule has 0 aliphatic heterocycles. The first-order chi connectivity index (χ1) is 3.00. The first-order valence-corrected chi connectivity index (χ1v) is 4.41. The topological polar surface area (TPSA) is 98.0 Å². The normalized spacial score (nSPS) is 9.43. The third-order valence-electron chi connectivity index (χ3n) is 0. The Bertz CT molecular complexity index is 54.2. The second-order valence-corrected chi connectivity index (χ2v) is 1.54. The molecule has 0 saturated carbocycles. The van der Waals surface area contributed by atoms with Crippen LogP contribution in [0.5, 0.6) is 0 Å². The van der Waals surface area contributed by atoms with Gasteiger partial charge in [0.25, 0.3) is 0 Å². The van der Waals surface area contributed by atoms with Crippen molar-refractivity contribution >= 4 is 7.82 Å². The molecule has 0 bridgehead atoms. The van der Waals surface area contributed by atoms with Gasteiger partial charge in [0.05, 0.1) is 0 Å². The monoisotopic (exact) mass is 347 g/mol. The van der Waals surface area contributed by atoms with Crippen molar-refractivity contribution in [1.29, 1.82) is 0 Å². The summed E-state index contributed by atoms with van der Waals surface area (Å²) in [6, 6.07) is 0. The summed E-state index contributed by atoms with van der Waals surface area (Å²) in [5.41, 5.74) is 0. The Labute approximate surface area is 66.6 Å². The van der Waals surface area contributed by atoms with Gasteiger partial charge in [0, 0.05) is 0 Å². The Balaban J connectivity index is 0. The molecule has 0 aromatic rings. The van der Waals surface area contributed by atoms with Gasteiger partial charge in [-0.3, -0.25) is 0 Å². The van der Waals surface area contributed by atoms with E-state index in [0.717, 1.165) is 0 Å². The van der Waals surface area contributed by atoms with E-state index in [1.54, 1.807) is 0 Å². The molecule has 7 heavy (non-hydrogen) atoms. The minimum atomic E-state index is -4.64. The second kappa shape index (κ2) is 5.53. The van der Waals surface area contributed by atoms with Crippen LogP contribution in [-0.2, 0) is 4.57 Å². The van der Waals surface area contributed by atoms with E-state index in [0.29, 0.717) is 0 Å². The van der Waals surface area contributed by atoms with E-state index in [9.17, 15) is 0 Å². The fourth-order valence-electron chi connectivity index (χ4n) is 0. The minimum absolute atomic E-state index is 0.158. The zero-order valence-electron chi connectivity index (χ0n) is 3.14. The summed E-state index contributed by atoms with van der Waals surface area (Å²) < 4.78 is 16.1. The molecule has 0 spiro atoms. The van der Waals surface area contributed by atoms with E-state index >= 15 is 0 Å². The molecule has 0 saturated heterocycles. The molecular weight excluding hydrogens is 343 g/mol. The second-order valence-electron chi connectivity index (χ2n) is 0.513. The Kier molecular flexibility index (Phi) is 8.87. The van der Waals surface area contributed by atoms with Gasteiger partial charge in [-0.25, -0.2) is 4.57 Å². The van der Waals surface area contributed by atoms with Crippen LogP contribution in [0.1, 0.15) is 0 Å². The molecule has 0 heterocycles. The summed E-state index contributed by atoms with van der Waals surface area (Å²) in [4.78, 5) is 21.6. The SMILES string of the molecule is O=P(O)(O)O.[OH][Th]. The molecule has 0 aliphatic rings.